The molecule has 2 aromatic carbocycles. The van der Waals surface area contributed by atoms with Crippen LogP contribution in [0.25, 0.3) is 17.0 Å². The SMILES string of the molecule is C=C(/C=C(\NC)c1ccccc1)NCCNc1cc(-c2ccccc2)[nH]n1. The molecule has 0 amide bonds. The van der Waals surface area contributed by atoms with Crippen LogP contribution in [0.5, 0.6) is 0 Å². The minimum Gasteiger partial charge on any atom is -0.388 e. The van der Waals surface area contributed by atoms with Crippen molar-refractivity contribution in [2.45, 2.75) is 0 Å². The second kappa shape index (κ2) is 9.29. The molecular weight excluding hydrogens is 334 g/mol. The lowest BCUT2D eigenvalue weighted by molar-refractivity contribution is 0.836. The Morgan fingerprint density at radius 3 is 2.44 bits per heavy atom. The van der Waals surface area contributed by atoms with Gasteiger partial charge in [-0.2, -0.15) is 5.10 Å². The second-order valence-electron chi connectivity index (χ2n) is 6.09. The molecule has 138 valence electrons. The van der Waals surface area contributed by atoms with Gasteiger partial charge in [-0.05, 0) is 17.2 Å². The number of hydrogen-bond acceptors (Lipinski definition) is 4. The number of allylic oxidation sites excluding steroid dienone is 1. The van der Waals surface area contributed by atoms with E-state index in [-0.39, 0.29) is 0 Å². The number of benzene rings is 2. The van der Waals surface area contributed by atoms with Gasteiger partial charge in [-0.15, -0.1) is 0 Å². The summed E-state index contributed by atoms with van der Waals surface area (Å²) in [5.74, 6) is 0.831. The van der Waals surface area contributed by atoms with Crippen LogP contribution in [-0.2, 0) is 0 Å². The van der Waals surface area contributed by atoms with Crippen LogP contribution < -0.4 is 16.0 Å². The van der Waals surface area contributed by atoms with Gasteiger partial charge in [0.2, 0.25) is 0 Å². The fraction of sp³-hybridized carbons (Fsp3) is 0.136. The zero-order valence-electron chi connectivity index (χ0n) is 15.5. The molecular formula is C22H25N5. The first kappa shape index (κ1) is 18.3. The van der Waals surface area contributed by atoms with Gasteiger partial charge in [-0.25, -0.2) is 0 Å². The number of hydrogen-bond donors (Lipinski definition) is 4. The molecule has 1 aromatic heterocycles. The first-order valence-electron chi connectivity index (χ1n) is 8.98. The number of rotatable bonds is 9. The van der Waals surface area contributed by atoms with Crippen molar-refractivity contribution in [2.24, 2.45) is 0 Å². The maximum atomic E-state index is 4.30. The first-order valence-corrected chi connectivity index (χ1v) is 8.98. The van der Waals surface area contributed by atoms with Gasteiger partial charge >= 0.3 is 0 Å². The lowest BCUT2D eigenvalue weighted by atomic mass is 10.1. The Balaban J connectivity index is 1.47. The molecule has 0 radical (unpaired) electrons. The van der Waals surface area contributed by atoms with E-state index in [9.17, 15) is 0 Å². The Labute approximate surface area is 160 Å². The zero-order valence-corrected chi connectivity index (χ0v) is 15.5. The summed E-state index contributed by atoms with van der Waals surface area (Å²) in [6, 6.07) is 22.3. The van der Waals surface area contributed by atoms with E-state index in [0.29, 0.717) is 0 Å². The number of nitrogens with one attached hydrogen (secondary N) is 4. The Hall–Kier alpha value is -3.47. The van der Waals surface area contributed by atoms with Crippen molar-refractivity contribution >= 4 is 11.5 Å². The molecule has 0 aliphatic rings. The van der Waals surface area contributed by atoms with Crippen molar-refractivity contribution in [1.29, 1.82) is 0 Å². The van der Waals surface area contributed by atoms with Gasteiger partial charge in [0.25, 0.3) is 0 Å². The largest absolute Gasteiger partial charge is 0.388 e. The maximum Gasteiger partial charge on any atom is 0.148 e. The molecule has 0 aliphatic carbocycles. The van der Waals surface area contributed by atoms with E-state index in [2.05, 4.69) is 57.0 Å². The molecule has 3 rings (SSSR count). The monoisotopic (exact) mass is 359 g/mol. The highest BCUT2D eigenvalue weighted by molar-refractivity contribution is 5.66. The minimum absolute atomic E-state index is 0.742. The molecule has 5 heteroatoms. The van der Waals surface area contributed by atoms with Crippen molar-refractivity contribution in [2.75, 3.05) is 25.5 Å². The summed E-state index contributed by atoms with van der Waals surface area (Å²) in [6.07, 6.45) is 2.01. The molecule has 0 spiro atoms. The summed E-state index contributed by atoms with van der Waals surface area (Å²) >= 11 is 0. The van der Waals surface area contributed by atoms with Gasteiger partial charge in [0, 0.05) is 37.6 Å². The average Bonchev–Trinajstić information content (AvgIpc) is 3.20. The molecule has 4 N–H and O–H groups in total. The van der Waals surface area contributed by atoms with Gasteiger partial charge in [-0.1, -0.05) is 67.2 Å². The molecule has 27 heavy (non-hydrogen) atoms. The van der Waals surface area contributed by atoms with E-state index >= 15 is 0 Å². The molecule has 0 aliphatic heterocycles. The van der Waals surface area contributed by atoms with Gasteiger partial charge in [0.15, 0.2) is 0 Å². The first-order chi connectivity index (χ1) is 13.3. The Kier molecular flexibility index (Phi) is 6.30. The van der Waals surface area contributed by atoms with Crippen molar-refractivity contribution < 1.29 is 0 Å². The molecule has 3 aromatic rings. The van der Waals surface area contributed by atoms with Crippen molar-refractivity contribution in [3.05, 3.63) is 90.6 Å². The lowest BCUT2D eigenvalue weighted by Crippen LogP contribution is -2.21. The molecule has 0 bridgehead atoms. The van der Waals surface area contributed by atoms with Gasteiger partial charge in [0.05, 0.1) is 5.69 Å². The normalized spacial score (nSPS) is 11.1. The highest BCUT2D eigenvalue weighted by Gasteiger charge is 2.03. The Morgan fingerprint density at radius 2 is 1.74 bits per heavy atom. The zero-order chi connectivity index (χ0) is 18.9. The van der Waals surface area contributed by atoms with Crippen LogP contribution in [0.4, 0.5) is 5.82 Å². The van der Waals surface area contributed by atoms with Crippen molar-refractivity contribution in [1.82, 2.24) is 20.8 Å². The highest BCUT2D eigenvalue weighted by Crippen LogP contribution is 2.18. The number of aromatic amines is 1. The van der Waals surface area contributed by atoms with E-state index in [0.717, 1.165) is 47.1 Å². The number of anilines is 1. The minimum atomic E-state index is 0.742. The summed E-state index contributed by atoms with van der Waals surface area (Å²) in [6.45, 7) is 5.57. The third-order valence-electron chi connectivity index (χ3n) is 4.12. The number of nitrogens with zero attached hydrogens (tertiary/aromatic N) is 1. The van der Waals surface area contributed by atoms with Crippen molar-refractivity contribution in [3.8, 4) is 11.3 Å². The summed E-state index contributed by atoms with van der Waals surface area (Å²) in [7, 11) is 1.91. The fourth-order valence-corrected chi connectivity index (χ4v) is 2.73. The van der Waals surface area contributed by atoms with Gasteiger partial charge in [-0.3, -0.25) is 5.10 Å². The third-order valence-corrected chi connectivity index (χ3v) is 4.12. The Bertz CT molecular complexity index is 881. The van der Waals surface area contributed by atoms with Crippen LogP contribution in [0.1, 0.15) is 5.56 Å². The van der Waals surface area contributed by atoms with E-state index in [1.807, 2.05) is 55.6 Å². The predicted octanol–water partition coefficient (Wildman–Crippen LogP) is 3.85. The fourth-order valence-electron chi connectivity index (χ4n) is 2.73. The summed E-state index contributed by atoms with van der Waals surface area (Å²) in [5, 5.41) is 17.2. The quantitative estimate of drug-likeness (QED) is 0.346. The summed E-state index contributed by atoms with van der Waals surface area (Å²) in [5.41, 5.74) is 5.14. The van der Waals surface area contributed by atoms with Gasteiger partial charge < -0.3 is 16.0 Å². The number of aromatic nitrogens is 2. The molecule has 0 saturated carbocycles. The van der Waals surface area contributed by atoms with Gasteiger partial charge in [0.1, 0.15) is 5.82 Å². The smallest absolute Gasteiger partial charge is 0.148 e. The highest BCUT2D eigenvalue weighted by atomic mass is 15.2. The molecule has 0 atom stereocenters. The van der Waals surface area contributed by atoms with Crippen LogP contribution in [0.3, 0.4) is 0 Å². The summed E-state index contributed by atoms with van der Waals surface area (Å²) < 4.78 is 0. The van der Waals surface area contributed by atoms with E-state index < -0.39 is 0 Å². The average molecular weight is 359 g/mol. The van der Waals surface area contributed by atoms with Crippen LogP contribution in [-0.4, -0.2) is 30.3 Å². The second-order valence-corrected chi connectivity index (χ2v) is 6.09. The molecule has 0 saturated heterocycles. The van der Waals surface area contributed by atoms with Crippen LogP contribution in [0.2, 0.25) is 0 Å². The van der Waals surface area contributed by atoms with E-state index in [1.165, 1.54) is 0 Å². The molecule has 1 heterocycles. The molecule has 0 unspecified atom stereocenters. The maximum absolute atomic E-state index is 4.30. The Morgan fingerprint density at radius 1 is 1.04 bits per heavy atom. The topological polar surface area (TPSA) is 64.8 Å². The summed E-state index contributed by atoms with van der Waals surface area (Å²) in [4.78, 5) is 0. The third kappa shape index (κ3) is 5.25. The molecule has 5 nitrogen and oxygen atoms in total. The van der Waals surface area contributed by atoms with Crippen molar-refractivity contribution in [3.63, 3.8) is 0 Å². The predicted molar refractivity (Wildman–Crippen MR) is 113 cm³/mol. The van der Waals surface area contributed by atoms with E-state index in [1.54, 1.807) is 0 Å². The van der Waals surface area contributed by atoms with Crippen LogP contribution in [0, 0.1) is 0 Å². The van der Waals surface area contributed by atoms with Crippen LogP contribution >= 0.6 is 0 Å². The van der Waals surface area contributed by atoms with Crippen LogP contribution in [0.15, 0.2) is 85.1 Å². The number of H-pyrrole nitrogens is 1. The standard InChI is InChI=1S/C22H25N5/c1-17(15-20(23-2)18-9-5-3-6-10-18)24-13-14-25-22-16-21(26-27-22)19-11-7-4-8-12-19/h3-12,15-16,23-24H,1,13-14H2,2H3,(H2,25,26,27)/b20-15-. The lowest BCUT2D eigenvalue weighted by Gasteiger charge is -2.11. The van der Waals surface area contributed by atoms with E-state index in [4.69, 9.17) is 0 Å². The molecule has 0 fully saturated rings.